The van der Waals surface area contributed by atoms with Crippen molar-refractivity contribution in [2.24, 2.45) is 0 Å². The quantitative estimate of drug-likeness (QED) is 0.117. The van der Waals surface area contributed by atoms with Crippen molar-refractivity contribution < 1.29 is 26.0 Å². The Labute approximate surface area is 367 Å². The molecule has 2 nitrogen and oxygen atoms in total. The largest absolute Gasteiger partial charge is 0.309 e. The zero-order chi connectivity index (χ0) is 54.7. The van der Waals surface area contributed by atoms with Gasteiger partial charge in [-0.1, -0.05) is 176 Å². The van der Waals surface area contributed by atoms with Crippen LogP contribution in [-0.4, -0.2) is 17.2 Å². The van der Waals surface area contributed by atoms with Crippen LogP contribution in [-0.2, 0) is 0 Å². The molecule has 0 fully saturated rings. The van der Waals surface area contributed by atoms with E-state index in [-0.39, 0.29) is 0 Å². The number of hydrogen-bond donors (Lipinski definition) is 0. The molecule has 0 atom stereocenters. The third-order valence-electron chi connectivity index (χ3n) is 10.9. The Balaban J connectivity index is 1.36. The van der Waals surface area contributed by atoms with Gasteiger partial charge in [0.15, 0.2) is 8.07 Å². The van der Waals surface area contributed by atoms with Gasteiger partial charge in [-0.05, 0) is 63.2 Å². The number of thiophene rings is 1. The lowest BCUT2D eigenvalue weighted by atomic mass is 10.1. The monoisotopic (exact) mass is 791 g/mol. The summed E-state index contributed by atoms with van der Waals surface area (Å²) in [5.74, 6) is 0. The Morgan fingerprint density at radius 1 is 0.431 bits per heavy atom. The first-order chi connectivity index (χ1) is 36.7. The average Bonchev–Trinajstić information content (AvgIpc) is 3.91. The second-order valence-corrected chi connectivity index (χ2v) is 18.3. The van der Waals surface area contributed by atoms with E-state index in [9.17, 15) is 13.7 Å². The van der Waals surface area contributed by atoms with Crippen molar-refractivity contribution in [3.05, 3.63) is 218 Å². The number of benzene rings is 9. The van der Waals surface area contributed by atoms with Crippen LogP contribution in [0.5, 0.6) is 0 Å². The standard InChI is InChI=1S/C54H36N2SSi/c1-4-20-38(21-5-1)58(39-22-6-2-7-23-39,40-24-8-3-9-25-40)41-26-18-19-37(35-41)55-47-31-14-12-29-44(47)46-36-50(54-52(53(46)55)45-30-13-17-34-51(45)57-54)56-48-32-15-10-27-42(48)43-28-11-16-33-49(43)56/h1-36H/i1D,2D,3D,4D,5D,6D,7D,8D,9D,18D,19D,20D,21D,22D,23D,24D,25D,26D,35D. The van der Waals surface area contributed by atoms with Crippen LogP contribution < -0.4 is 20.7 Å². The minimum absolute atomic E-state index is 0.379. The third kappa shape index (κ3) is 4.70. The predicted octanol–water partition coefficient (Wildman–Crippen LogP) is 11.6. The molecule has 4 heteroatoms. The SMILES string of the molecule is [2H]c1c([2H])c([2H])c([Si](c2c([2H])c([2H])c([2H])c([2H])c2[2H])(c2c([2H])c([2H])c([2H])c([2H])c2[2H])c2c([2H])c([2H])c([2H])c(-n3c4ccccc4c4cc(-n5c6ccccc6c6ccccc65)c5sc6ccccc6c5c43)c2[2H])c([2H])c1[2H]. The Kier molecular flexibility index (Phi) is 4.37. The molecule has 0 aliphatic rings. The summed E-state index contributed by atoms with van der Waals surface area (Å²) in [5, 5.41) is 1.11. The smallest absolute Gasteiger partial charge is 0.179 e. The summed E-state index contributed by atoms with van der Waals surface area (Å²) in [6.07, 6.45) is 0. The van der Waals surface area contributed by atoms with Gasteiger partial charge >= 0.3 is 0 Å². The molecule has 272 valence electrons. The molecule has 0 bridgehead atoms. The summed E-state index contributed by atoms with van der Waals surface area (Å²) in [4.78, 5) is 0. The molecule has 0 aliphatic heterocycles. The lowest BCUT2D eigenvalue weighted by Crippen LogP contribution is -2.74. The first-order valence-electron chi connectivity index (χ1n) is 27.9. The van der Waals surface area contributed by atoms with E-state index >= 15 is 0 Å². The summed E-state index contributed by atoms with van der Waals surface area (Å²) in [6.45, 7) is 0. The van der Waals surface area contributed by atoms with Gasteiger partial charge in [0.2, 0.25) is 0 Å². The van der Waals surface area contributed by atoms with Crippen LogP contribution in [0.4, 0.5) is 0 Å². The van der Waals surface area contributed by atoms with Crippen molar-refractivity contribution in [3.8, 4) is 11.4 Å². The van der Waals surface area contributed by atoms with E-state index in [2.05, 4.69) is 16.7 Å². The maximum Gasteiger partial charge on any atom is 0.179 e. The average molecular weight is 792 g/mol. The summed E-state index contributed by atoms with van der Waals surface area (Å²) in [7, 11) is -6.12. The van der Waals surface area contributed by atoms with Crippen molar-refractivity contribution >= 4 is 104 Å². The highest BCUT2D eigenvalue weighted by atomic mass is 32.1. The van der Waals surface area contributed by atoms with Crippen molar-refractivity contribution in [2.75, 3.05) is 0 Å². The Morgan fingerprint density at radius 3 is 1.47 bits per heavy atom. The highest BCUT2D eigenvalue weighted by Gasteiger charge is 2.41. The first kappa shape index (κ1) is 19.4. The molecule has 58 heavy (non-hydrogen) atoms. The van der Waals surface area contributed by atoms with Crippen LogP contribution in [0.15, 0.2) is 218 Å². The lowest BCUT2D eigenvalue weighted by molar-refractivity contribution is 1.18. The molecule has 0 saturated heterocycles. The van der Waals surface area contributed by atoms with Gasteiger partial charge in [0.1, 0.15) is 0 Å². The van der Waals surface area contributed by atoms with E-state index in [0.717, 1.165) is 42.3 Å². The van der Waals surface area contributed by atoms with Crippen molar-refractivity contribution in [1.82, 2.24) is 9.13 Å². The first-order valence-corrected chi connectivity index (χ1v) is 21.2. The molecule has 0 unspecified atom stereocenters. The van der Waals surface area contributed by atoms with Crippen LogP contribution >= 0.6 is 11.3 Å². The van der Waals surface area contributed by atoms with Crippen LogP contribution in [0.25, 0.3) is 75.2 Å². The van der Waals surface area contributed by atoms with E-state index in [1.54, 1.807) is 16.7 Å². The molecule has 0 amide bonds. The second kappa shape index (κ2) is 13.0. The second-order valence-electron chi connectivity index (χ2n) is 13.8. The molecular formula is C54H36N2SSi. The molecule has 0 aliphatic carbocycles. The van der Waals surface area contributed by atoms with Crippen LogP contribution in [0.1, 0.15) is 26.0 Å². The maximum atomic E-state index is 10.7. The van der Waals surface area contributed by atoms with Crippen molar-refractivity contribution in [2.45, 2.75) is 0 Å². The molecule has 3 aromatic heterocycles. The Morgan fingerprint density at radius 2 is 0.897 bits per heavy atom. The van der Waals surface area contributed by atoms with Gasteiger partial charge in [-0.15, -0.1) is 11.3 Å². The number of fused-ring (bicyclic) bond motifs is 10. The van der Waals surface area contributed by atoms with Crippen molar-refractivity contribution in [3.63, 3.8) is 0 Å². The van der Waals surface area contributed by atoms with E-state index in [1.807, 2.05) is 78.9 Å². The molecule has 9 aromatic carbocycles. The molecule has 0 saturated carbocycles. The zero-order valence-corrected chi connectivity index (χ0v) is 31.9. The van der Waals surface area contributed by atoms with Gasteiger partial charge in [0.25, 0.3) is 0 Å². The van der Waals surface area contributed by atoms with E-state index < -0.39 is 149 Å². The summed E-state index contributed by atoms with van der Waals surface area (Å²) in [5.41, 5.74) is 3.02. The van der Waals surface area contributed by atoms with Gasteiger partial charge in [0, 0.05) is 42.7 Å². The van der Waals surface area contributed by atoms with Crippen LogP contribution in [0.2, 0.25) is 0 Å². The fourth-order valence-corrected chi connectivity index (χ4v) is 13.4. The molecular weight excluding hydrogens is 737 g/mol. The number of para-hydroxylation sites is 3. The van der Waals surface area contributed by atoms with Gasteiger partial charge in [-0.25, -0.2) is 0 Å². The molecule has 0 spiro atoms. The van der Waals surface area contributed by atoms with Crippen LogP contribution in [0.3, 0.4) is 0 Å². The van der Waals surface area contributed by atoms with E-state index in [1.165, 1.54) is 11.3 Å². The van der Waals surface area contributed by atoms with Crippen molar-refractivity contribution in [1.29, 1.82) is 0 Å². The summed E-state index contributed by atoms with van der Waals surface area (Å²) >= 11 is 1.50. The third-order valence-corrected chi connectivity index (χ3v) is 16.1. The minimum Gasteiger partial charge on any atom is -0.309 e. The summed E-state index contributed by atoms with van der Waals surface area (Å²) < 4.78 is 184. The molecule has 12 aromatic rings. The molecule has 0 radical (unpaired) electrons. The fourth-order valence-electron chi connectivity index (χ4n) is 8.60. The van der Waals surface area contributed by atoms with E-state index in [4.69, 9.17) is 12.3 Å². The normalized spacial score (nSPS) is 16.7. The summed E-state index contributed by atoms with van der Waals surface area (Å²) in [6, 6.07) is 13.9. The predicted molar refractivity (Wildman–Crippen MR) is 252 cm³/mol. The number of nitrogens with zero attached hydrogens (tertiary/aromatic N) is 2. The van der Waals surface area contributed by atoms with Gasteiger partial charge in [-0.2, -0.15) is 0 Å². The molecule has 12 rings (SSSR count). The minimum atomic E-state index is -6.12. The lowest BCUT2D eigenvalue weighted by Gasteiger charge is -2.34. The van der Waals surface area contributed by atoms with E-state index in [0.29, 0.717) is 27.2 Å². The van der Waals surface area contributed by atoms with Crippen LogP contribution in [0, 0.1) is 0 Å². The number of rotatable bonds is 6. The molecule has 3 heterocycles. The fraction of sp³-hybridized carbons (Fsp3) is 0. The van der Waals surface area contributed by atoms with Gasteiger partial charge < -0.3 is 9.13 Å². The zero-order valence-electron chi connectivity index (χ0n) is 49.1. The Hall–Kier alpha value is -6.98. The molecule has 0 N–H and O–H groups in total. The maximum absolute atomic E-state index is 10.7. The highest BCUT2D eigenvalue weighted by molar-refractivity contribution is 7.26. The number of aromatic nitrogens is 2. The number of hydrogen-bond acceptors (Lipinski definition) is 1. The van der Waals surface area contributed by atoms with Gasteiger partial charge in [-0.3, -0.25) is 0 Å². The highest BCUT2D eigenvalue weighted by Crippen LogP contribution is 2.47. The Bertz CT molecular complexity index is 4350. The topological polar surface area (TPSA) is 9.86 Å². The van der Waals surface area contributed by atoms with Gasteiger partial charge in [0.05, 0.1) is 58.5 Å².